The van der Waals surface area contributed by atoms with E-state index >= 15 is 0 Å². The highest BCUT2D eigenvalue weighted by atomic mass is 16.3. The van der Waals surface area contributed by atoms with Crippen molar-refractivity contribution in [3.63, 3.8) is 0 Å². The molecule has 0 aliphatic heterocycles. The fourth-order valence-electron chi connectivity index (χ4n) is 2.98. The first-order valence-corrected chi connectivity index (χ1v) is 7.22. The van der Waals surface area contributed by atoms with Crippen molar-refractivity contribution in [2.45, 2.75) is 38.1 Å². The summed E-state index contributed by atoms with van der Waals surface area (Å²) in [4.78, 5) is 14.5. The van der Waals surface area contributed by atoms with Gasteiger partial charge in [-0.15, -0.1) is 0 Å². The van der Waals surface area contributed by atoms with Gasteiger partial charge in [-0.05, 0) is 25.0 Å². The fourth-order valence-corrected chi connectivity index (χ4v) is 2.98. The molecule has 0 aromatic carbocycles. The second kappa shape index (κ2) is 6.87. The quantitative estimate of drug-likeness (QED) is 0.797. The van der Waals surface area contributed by atoms with Crippen LogP contribution in [0.15, 0.2) is 18.3 Å². The summed E-state index contributed by atoms with van der Waals surface area (Å²) in [5, 5.41) is 9.21. The average molecular weight is 264 g/mol. The smallest absolute Gasteiger partial charge is 0.193 e. The van der Waals surface area contributed by atoms with Crippen molar-refractivity contribution in [3.05, 3.63) is 24.0 Å². The largest absolute Gasteiger partial charge is 0.395 e. The minimum atomic E-state index is 0.122. The molecule has 1 aromatic heterocycles. The molecule has 1 fully saturated rings. The van der Waals surface area contributed by atoms with E-state index in [4.69, 9.17) is 0 Å². The topological polar surface area (TPSA) is 45.5 Å². The van der Waals surface area contributed by atoms with Gasteiger partial charge in [0.25, 0.3) is 0 Å². The zero-order chi connectivity index (χ0) is 13.7. The molecule has 0 unspecified atom stereocenters. The van der Waals surface area contributed by atoms with Gasteiger partial charge >= 0.3 is 0 Å². The first-order chi connectivity index (χ1) is 9.22. The van der Waals surface area contributed by atoms with Gasteiger partial charge in [0.05, 0.1) is 18.8 Å². The molecule has 2 rings (SSSR count). The summed E-state index contributed by atoms with van der Waals surface area (Å²) in [6.07, 6.45) is 7.98. The van der Waals surface area contributed by atoms with Crippen molar-refractivity contribution < 1.29 is 9.90 Å². The van der Waals surface area contributed by atoms with Crippen LogP contribution in [0.4, 0.5) is 0 Å². The van der Waals surface area contributed by atoms with Crippen LogP contribution in [0.5, 0.6) is 0 Å². The molecule has 1 N–H and O–H groups in total. The van der Waals surface area contributed by atoms with Crippen LogP contribution in [0.25, 0.3) is 0 Å². The number of aromatic nitrogens is 1. The lowest BCUT2D eigenvalue weighted by atomic mass is 9.94. The zero-order valence-electron chi connectivity index (χ0n) is 11.7. The third-order valence-electron chi connectivity index (χ3n) is 4.05. The molecule has 1 saturated carbocycles. The maximum absolute atomic E-state index is 12.3. The summed E-state index contributed by atoms with van der Waals surface area (Å²) in [6.45, 7) is 1.14. The molecule has 0 bridgehead atoms. The molecule has 0 atom stereocenters. The van der Waals surface area contributed by atoms with Crippen LogP contribution in [0.1, 0.15) is 42.6 Å². The van der Waals surface area contributed by atoms with Crippen LogP contribution in [0.3, 0.4) is 0 Å². The second-order valence-electron chi connectivity index (χ2n) is 5.41. The summed E-state index contributed by atoms with van der Waals surface area (Å²) in [5.74, 6) is 0.145. The molecule has 1 heterocycles. The van der Waals surface area contributed by atoms with Gasteiger partial charge in [0.15, 0.2) is 5.78 Å². The highest BCUT2D eigenvalue weighted by Gasteiger charge is 2.23. The predicted molar refractivity (Wildman–Crippen MR) is 75.3 cm³/mol. The van der Waals surface area contributed by atoms with E-state index in [9.17, 15) is 9.90 Å². The van der Waals surface area contributed by atoms with Gasteiger partial charge in [-0.1, -0.05) is 19.3 Å². The van der Waals surface area contributed by atoms with Gasteiger partial charge in [-0.25, -0.2) is 0 Å². The summed E-state index contributed by atoms with van der Waals surface area (Å²) in [5.41, 5.74) is 0.749. The third-order valence-corrected chi connectivity index (χ3v) is 4.05. The lowest BCUT2D eigenvalue weighted by Gasteiger charge is -2.33. The Morgan fingerprint density at radius 3 is 2.74 bits per heavy atom. The van der Waals surface area contributed by atoms with Crippen molar-refractivity contribution in [1.82, 2.24) is 9.47 Å². The molecule has 106 valence electrons. The number of ketones is 1. The van der Waals surface area contributed by atoms with Crippen LogP contribution < -0.4 is 0 Å². The van der Waals surface area contributed by atoms with E-state index in [0.29, 0.717) is 19.1 Å². The molecular formula is C15H24N2O2. The molecule has 1 aliphatic rings. The monoisotopic (exact) mass is 264 g/mol. The SMILES string of the molecule is Cn1cccc1C(=O)CN(CCO)C1CCCCC1. The standard InChI is InChI=1S/C15H24N2O2/c1-16-9-5-8-14(16)15(19)12-17(10-11-18)13-6-3-2-4-7-13/h5,8-9,13,18H,2-4,6-7,10-12H2,1H3. The zero-order valence-corrected chi connectivity index (χ0v) is 11.7. The molecule has 19 heavy (non-hydrogen) atoms. The van der Waals surface area contributed by atoms with Gasteiger partial charge < -0.3 is 9.67 Å². The Morgan fingerprint density at radius 1 is 1.42 bits per heavy atom. The van der Waals surface area contributed by atoms with Gasteiger partial charge in [-0.2, -0.15) is 0 Å². The Labute approximate surface area is 115 Å². The number of aliphatic hydroxyl groups is 1. The predicted octanol–water partition coefficient (Wildman–Crippen LogP) is 1.83. The highest BCUT2D eigenvalue weighted by molar-refractivity contribution is 5.96. The van der Waals surface area contributed by atoms with Crippen molar-refractivity contribution in [3.8, 4) is 0 Å². The number of hydrogen-bond donors (Lipinski definition) is 1. The molecule has 1 aliphatic carbocycles. The highest BCUT2D eigenvalue weighted by Crippen LogP contribution is 2.22. The molecule has 0 amide bonds. The molecular weight excluding hydrogens is 240 g/mol. The van der Waals surface area contributed by atoms with E-state index in [0.717, 1.165) is 18.5 Å². The molecule has 1 aromatic rings. The number of aryl methyl sites for hydroxylation is 1. The van der Waals surface area contributed by atoms with Gasteiger partial charge in [0.2, 0.25) is 0 Å². The van der Waals surface area contributed by atoms with Crippen molar-refractivity contribution in [2.75, 3.05) is 19.7 Å². The summed E-state index contributed by atoms with van der Waals surface area (Å²) in [6, 6.07) is 4.22. The second-order valence-corrected chi connectivity index (χ2v) is 5.41. The number of carbonyl (C=O) groups is 1. The summed E-state index contributed by atoms with van der Waals surface area (Å²) in [7, 11) is 1.89. The van der Waals surface area contributed by atoms with Crippen LogP contribution in [0, 0.1) is 0 Å². The number of rotatable bonds is 6. The maximum Gasteiger partial charge on any atom is 0.193 e. The van der Waals surface area contributed by atoms with E-state index < -0.39 is 0 Å². The number of nitrogens with zero attached hydrogens (tertiary/aromatic N) is 2. The molecule has 0 radical (unpaired) electrons. The Balaban J connectivity index is 1.99. The van der Waals surface area contributed by atoms with Crippen LogP contribution >= 0.6 is 0 Å². The van der Waals surface area contributed by atoms with Gasteiger partial charge in [0.1, 0.15) is 0 Å². The van der Waals surface area contributed by atoms with E-state index in [1.165, 1.54) is 19.3 Å². The number of hydrogen-bond acceptors (Lipinski definition) is 3. The Hall–Kier alpha value is -1.13. The first-order valence-electron chi connectivity index (χ1n) is 7.22. The van der Waals surface area contributed by atoms with E-state index in [1.807, 2.05) is 29.9 Å². The maximum atomic E-state index is 12.3. The normalized spacial score (nSPS) is 17.0. The fraction of sp³-hybridized carbons (Fsp3) is 0.667. The lowest BCUT2D eigenvalue weighted by Crippen LogP contribution is -2.42. The van der Waals surface area contributed by atoms with Crippen LogP contribution in [-0.2, 0) is 7.05 Å². The first kappa shape index (κ1) is 14.3. The lowest BCUT2D eigenvalue weighted by molar-refractivity contribution is 0.0807. The minimum absolute atomic E-state index is 0.122. The van der Waals surface area contributed by atoms with E-state index in [2.05, 4.69) is 4.90 Å². The summed E-state index contributed by atoms with van der Waals surface area (Å²) < 4.78 is 1.86. The Bertz CT molecular complexity index is 408. The Kier molecular flexibility index (Phi) is 5.16. The summed E-state index contributed by atoms with van der Waals surface area (Å²) >= 11 is 0. The third kappa shape index (κ3) is 3.67. The average Bonchev–Trinajstić information content (AvgIpc) is 2.85. The number of aliphatic hydroxyl groups excluding tert-OH is 1. The van der Waals surface area contributed by atoms with Crippen molar-refractivity contribution >= 4 is 5.78 Å². The number of Topliss-reactive ketones (excluding diaryl/α,β-unsaturated/α-hetero) is 1. The molecule has 0 saturated heterocycles. The molecule has 4 heteroatoms. The van der Waals surface area contributed by atoms with Crippen LogP contribution in [0.2, 0.25) is 0 Å². The van der Waals surface area contributed by atoms with E-state index in [-0.39, 0.29) is 12.4 Å². The van der Waals surface area contributed by atoms with Crippen molar-refractivity contribution in [1.29, 1.82) is 0 Å². The van der Waals surface area contributed by atoms with Gasteiger partial charge in [-0.3, -0.25) is 9.69 Å². The number of carbonyl (C=O) groups excluding carboxylic acids is 1. The molecule has 0 spiro atoms. The van der Waals surface area contributed by atoms with E-state index in [1.54, 1.807) is 0 Å². The van der Waals surface area contributed by atoms with Crippen LogP contribution in [-0.4, -0.2) is 46.1 Å². The van der Waals surface area contributed by atoms with Crippen molar-refractivity contribution in [2.24, 2.45) is 7.05 Å². The minimum Gasteiger partial charge on any atom is -0.395 e. The Morgan fingerprint density at radius 2 is 2.16 bits per heavy atom. The molecule has 4 nitrogen and oxygen atoms in total. The van der Waals surface area contributed by atoms with Gasteiger partial charge in [0, 0.05) is 25.8 Å².